The van der Waals surface area contributed by atoms with Gasteiger partial charge in [-0.3, -0.25) is 4.79 Å². The first-order valence-electron chi connectivity index (χ1n) is 10.3. The molecule has 1 aliphatic heterocycles. The number of piperidine rings is 1. The molecule has 2 aromatic rings. The lowest BCUT2D eigenvalue weighted by molar-refractivity contribution is -0.126. The summed E-state index contributed by atoms with van der Waals surface area (Å²) in [6, 6.07) is 8.49. The molecular weight excluding hydrogens is 355 g/mol. The lowest BCUT2D eigenvalue weighted by atomic mass is 9.92. The number of aromatic nitrogens is 2. The smallest absolute Gasteiger partial charge is 0.223 e. The van der Waals surface area contributed by atoms with Crippen LogP contribution in [0.2, 0.25) is 0 Å². The Hall–Kier alpha value is -2.50. The van der Waals surface area contributed by atoms with Gasteiger partial charge in [0, 0.05) is 36.8 Å². The van der Waals surface area contributed by atoms with Crippen molar-refractivity contribution in [3.8, 4) is 11.4 Å². The minimum atomic E-state index is -0.270. The number of carbonyl (C=O) groups excluding carboxylic acids is 1. The first-order valence-corrected chi connectivity index (χ1v) is 10.3. The molecule has 1 aliphatic carbocycles. The Morgan fingerprint density at radius 1 is 1.00 bits per heavy atom. The summed E-state index contributed by atoms with van der Waals surface area (Å²) in [5.74, 6) is 1.50. The molecule has 0 bridgehead atoms. The zero-order valence-electron chi connectivity index (χ0n) is 16.1. The molecular formula is C22H27FN4O. The number of nitrogens with one attached hydrogen (secondary N) is 1. The maximum Gasteiger partial charge on any atom is 0.223 e. The standard InChI is InChI=1S/C22H27FN4O/c23-18-8-6-16(7-9-18)21-24-13-10-20(26-21)27-14-11-17(12-15-27)22(28)25-19-4-2-1-3-5-19/h6-10,13,17,19H,1-5,11-12,14-15H2,(H,25,28). The normalized spacial score (nSPS) is 18.8. The van der Waals surface area contributed by atoms with E-state index in [0.29, 0.717) is 11.9 Å². The largest absolute Gasteiger partial charge is 0.356 e. The van der Waals surface area contributed by atoms with Gasteiger partial charge in [-0.1, -0.05) is 19.3 Å². The summed E-state index contributed by atoms with van der Waals surface area (Å²) in [7, 11) is 0. The molecule has 148 valence electrons. The molecule has 0 unspecified atom stereocenters. The molecule has 5 nitrogen and oxygen atoms in total. The Labute approximate surface area is 165 Å². The van der Waals surface area contributed by atoms with Crippen LogP contribution in [0.3, 0.4) is 0 Å². The van der Waals surface area contributed by atoms with E-state index < -0.39 is 0 Å². The summed E-state index contributed by atoms with van der Waals surface area (Å²) in [6.45, 7) is 1.62. The highest BCUT2D eigenvalue weighted by atomic mass is 19.1. The average Bonchev–Trinajstić information content (AvgIpc) is 2.75. The van der Waals surface area contributed by atoms with Gasteiger partial charge in [0.15, 0.2) is 5.82 Å². The van der Waals surface area contributed by atoms with Crippen LogP contribution in [0, 0.1) is 11.7 Å². The van der Waals surface area contributed by atoms with Gasteiger partial charge in [0.2, 0.25) is 5.91 Å². The number of amides is 1. The molecule has 1 amide bonds. The molecule has 4 rings (SSSR count). The van der Waals surface area contributed by atoms with E-state index in [0.717, 1.165) is 50.2 Å². The maximum atomic E-state index is 13.1. The van der Waals surface area contributed by atoms with Crippen LogP contribution in [-0.4, -0.2) is 35.0 Å². The molecule has 1 aromatic carbocycles. The van der Waals surface area contributed by atoms with Gasteiger partial charge in [0.1, 0.15) is 11.6 Å². The van der Waals surface area contributed by atoms with Crippen LogP contribution in [0.1, 0.15) is 44.9 Å². The monoisotopic (exact) mass is 382 g/mol. The fraction of sp³-hybridized carbons (Fsp3) is 0.500. The van der Waals surface area contributed by atoms with E-state index in [1.807, 2.05) is 6.07 Å². The van der Waals surface area contributed by atoms with Gasteiger partial charge in [0.05, 0.1) is 0 Å². The highest BCUT2D eigenvalue weighted by molar-refractivity contribution is 5.79. The second-order valence-electron chi connectivity index (χ2n) is 7.85. The molecule has 2 heterocycles. The third-order valence-corrected chi connectivity index (χ3v) is 5.88. The molecule has 2 fully saturated rings. The van der Waals surface area contributed by atoms with Gasteiger partial charge < -0.3 is 10.2 Å². The van der Waals surface area contributed by atoms with E-state index in [1.54, 1.807) is 18.3 Å². The summed E-state index contributed by atoms with van der Waals surface area (Å²) >= 11 is 0. The van der Waals surface area contributed by atoms with Gasteiger partial charge >= 0.3 is 0 Å². The molecule has 0 atom stereocenters. The van der Waals surface area contributed by atoms with Crippen molar-refractivity contribution in [2.75, 3.05) is 18.0 Å². The van der Waals surface area contributed by atoms with Crippen molar-refractivity contribution in [3.63, 3.8) is 0 Å². The van der Waals surface area contributed by atoms with E-state index in [9.17, 15) is 9.18 Å². The Balaban J connectivity index is 1.35. The number of hydrogen-bond acceptors (Lipinski definition) is 4. The number of anilines is 1. The van der Waals surface area contributed by atoms with Crippen molar-refractivity contribution in [2.45, 2.75) is 51.0 Å². The fourth-order valence-electron chi connectivity index (χ4n) is 4.20. The minimum Gasteiger partial charge on any atom is -0.356 e. The second-order valence-corrected chi connectivity index (χ2v) is 7.85. The lowest BCUT2D eigenvalue weighted by Crippen LogP contribution is -2.44. The second kappa shape index (κ2) is 8.67. The molecule has 1 aromatic heterocycles. The Kier molecular flexibility index (Phi) is 5.84. The summed E-state index contributed by atoms with van der Waals surface area (Å²) in [5, 5.41) is 3.26. The maximum absolute atomic E-state index is 13.1. The van der Waals surface area contributed by atoms with Crippen molar-refractivity contribution >= 4 is 11.7 Å². The minimum absolute atomic E-state index is 0.0941. The van der Waals surface area contributed by atoms with E-state index in [1.165, 1.54) is 31.4 Å². The Bertz CT molecular complexity index is 796. The molecule has 1 N–H and O–H groups in total. The first kappa shape index (κ1) is 18.8. The van der Waals surface area contributed by atoms with E-state index in [2.05, 4.69) is 20.2 Å². The summed E-state index contributed by atoms with van der Waals surface area (Å²) in [6.07, 6.45) is 9.42. The molecule has 6 heteroatoms. The Morgan fingerprint density at radius 3 is 2.43 bits per heavy atom. The topological polar surface area (TPSA) is 58.1 Å². The highest BCUT2D eigenvalue weighted by Gasteiger charge is 2.27. The number of carbonyl (C=O) groups is 1. The molecule has 1 saturated heterocycles. The zero-order chi connectivity index (χ0) is 19.3. The van der Waals surface area contributed by atoms with Gasteiger partial charge in [-0.05, 0) is 56.0 Å². The molecule has 2 aliphatic rings. The average molecular weight is 382 g/mol. The van der Waals surface area contributed by atoms with Gasteiger partial charge in [-0.25, -0.2) is 14.4 Å². The van der Waals surface area contributed by atoms with Crippen LogP contribution in [0.25, 0.3) is 11.4 Å². The van der Waals surface area contributed by atoms with Crippen LogP contribution < -0.4 is 10.2 Å². The molecule has 28 heavy (non-hydrogen) atoms. The first-order chi connectivity index (χ1) is 13.7. The van der Waals surface area contributed by atoms with E-state index >= 15 is 0 Å². The number of rotatable bonds is 4. The summed E-state index contributed by atoms with van der Waals surface area (Å²) < 4.78 is 13.1. The van der Waals surface area contributed by atoms with Crippen LogP contribution in [0.4, 0.5) is 10.2 Å². The van der Waals surface area contributed by atoms with Crippen molar-refractivity contribution < 1.29 is 9.18 Å². The highest BCUT2D eigenvalue weighted by Crippen LogP contribution is 2.25. The predicted octanol–water partition coefficient (Wildman–Crippen LogP) is 3.95. The lowest BCUT2D eigenvalue weighted by Gasteiger charge is -2.33. The van der Waals surface area contributed by atoms with Crippen molar-refractivity contribution in [3.05, 3.63) is 42.3 Å². The fourth-order valence-corrected chi connectivity index (χ4v) is 4.20. The van der Waals surface area contributed by atoms with Crippen LogP contribution in [0.15, 0.2) is 36.5 Å². The number of nitrogens with zero attached hydrogens (tertiary/aromatic N) is 3. The van der Waals surface area contributed by atoms with Crippen LogP contribution in [0.5, 0.6) is 0 Å². The van der Waals surface area contributed by atoms with Gasteiger partial charge in [0.25, 0.3) is 0 Å². The van der Waals surface area contributed by atoms with Crippen molar-refractivity contribution in [1.29, 1.82) is 0 Å². The van der Waals surface area contributed by atoms with E-state index in [4.69, 9.17) is 0 Å². The van der Waals surface area contributed by atoms with Crippen LogP contribution >= 0.6 is 0 Å². The molecule has 1 saturated carbocycles. The predicted molar refractivity (Wildman–Crippen MR) is 107 cm³/mol. The zero-order valence-corrected chi connectivity index (χ0v) is 16.1. The van der Waals surface area contributed by atoms with Gasteiger partial charge in [-0.15, -0.1) is 0 Å². The Morgan fingerprint density at radius 2 is 1.71 bits per heavy atom. The molecule has 0 radical (unpaired) electrons. The van der Waals surface area contributed by atoms with Crippen molar-refractivity contribution in [2.24, 2.45) is 5.92 Å². The summed E-state index contributed by atoms with van der Waals surface area (Å²) in [5.41, 5.74) is 0.796. The van der Waals surface area contributed by atoms with Crippen molar-refractivity contribution in [1.82, 2.24) is 15.3 Å². The molecule has 0 spiro atoms. The number of halogens is 1. The summed E-state index contributed by atoms with van der Waals surface area (Å²) in [4.78, 5) is 23.8. The quantitative estimate of drug-likeness (QED) is 0.870. The third-order valence-electron chi connectivity index (χ3n) is 5.88. The SMILES string of the molecule is O=C(NC1CCCCC1)C1CCN(c2ccnc(-c3ccc(F)cc3)n2)CC1. The third kappa shape index (κ3) is 4.49. The van der Waals surface area contributed by atoms with Gasteiger partial charge in [-0.2, -0.15) is 0 Å². The number of hydrogen-bond donors (Lipinski definition) is 1. The number of benzene rings is 1. The van der Waals surface area contributed by atoms with E-state index in [-0.39, 0.29) is 17.6 Å². The van der Waals surface area contributed by atoms with Crippen LogP contribution in [-0.2, 0) is 4.79 Å².